The van der Waals surface area contributed by atoms with E-state index in [2.05, 4.69) is 12.2 Å². The van der Waals surface area contributed by atoms with Crippen LogP contribution in [0.15, 0.2) is 0 Å². The summed E-state index contributed by atoms with van der Waals surface area (Å²) < 4.78 is 5.84. The summed E-state index contributed by atoms with van der Waals surface area (Å²) in [5.74, 6) is 0.808. The first-order chi connectivity index (χ1) is 9.71. The van der Waals surface area contributed by atoms with Crippen LogP contribution in [-0.2, 0) is 9.53 Å². The van der Waals surface area contributed by atoms with Crippen molar-refractivity contribution in [3.63, 3.8) is 0 Å². The summed E-state index contributed by atoms with van der Waals surface area (Å²) in [5, 5.41) is 3.33. The quantitative estimate of drug-likeness (QED) is 0.807. The van der Waals surface area contributed by atoms with Gasteiger partial charge in [0.2, 0.25) is 5.91 Å². The highest BCUT2D eigenvalue weighted by Crippen LogP contribution is 2.57. The summed E-state index contributed by atoms with van der Waals surface area (Å²) in [6.07, 6.45) is 8.37. The molecule has 0 aromatic carbocycles. The minimum Gasteiger partial charge on any atom is -0.378 e. The molecule has 0 aliphatic heterocycles. The first kappa shape index (κ1) is 14.3. The largest absolute Gasteiger partial charge is 0.378 e. The fourth-order valence-electron chi connectivity index (χ4n) is 4.58. The number of carbonyl (C=O) groups is 1. The molecular weight excluding hydrogens is 252 g/mol. The first-order valence-corrected chi connectivity index (χ1v) is 8.33. The maximum absolute atomic E-state index is 12.5. The zero-order chi connectivity index (χ0) is 14.2. The second kappa shape index (κ2) is 5.64. The van der Waals surface area contributed by atoms with E-state index in [-0.39, 0.29) is 17.2 Å². The predicted molar refractivity (Wildman–Crippen MR) is 78.1 cm³/mol. The van der Waals surface area contributed by atoms with Gasteiger partial charge in [-0.2, -0.15) is 0 Å². The van der Waals surface area contributed by atoms with Gasteiger partial charge >= 0.3 is 0 Å². The minimum atomic E-state index is 0.156. The van der Waals surface area contributed by atoms with Crippen molar-refractivity contribution in [2.45, 2.75) is 64.0 Å². The van der Waals surface area contributed by atoms with E-state index in [9.17, 15) is 4.79 Å². The van der Waals surface area contributed by atoms with Crippen molar-refractivity contribution in [2.75, 3.05) is 13.2 Å². The molecule has 0 bridgehead atoms. The zero-order valence-corrected chi connectivity index (χ0v) is 12.6. The molecule has 3 saturated carbocycles. The van der Waals surface area contributed by atoms with E-state index in [4.69, 9.17) is 10.5 Å². The lowest BCUT2D eigenvalue weighted by Crippen LogP contribution is -2.68. The van der Waals surface area contributed by atoms with Gasteiger partial charge in [0.25, 0.3) is 0 Å². The van der Waals surface area contributed by atoms with Gasteiger partial charge in [0.1, 0.15) is 0 Å². The van der Waals surface area contributed by atoms with Crippen LogP contribution < -0.4 is 11.1 Å². The second-order valence-electron chi connectivity index (χ2n) is 6.86. The Morgan fingerprint density at radius 1 is 1.35 bits per heavy atom. The van der Waals surface area contributed by atoms with Gasteiger partial charge in [0.15, 0.2) is 0 Å². The molecule has 3 aliphatic carbocycles. The molecule has 4 heteroatoms. The Bertz CT molecular complexity index is 367. The molecule has 20 heavy (non-hydrogen) atoms. The molecule has 4 nitrogen and oxygen atoms in total. The van der Waals surface area contributed by atoms with Crippen molar-refractivity contribution < 1.29 is 9.53 Å². The Balaban J connectivity index is 1.57. The highest BCUT2D eigenvalue weighted by molar-refractivity contribution is 5.80. The van der Waals surface area contributed by atoms with Gasteiger partial charge in [-0.15, -0.1) is 0 Å². The van der Waals surface area contributed by atoms with Crippen LogP contribution in [0.2, 0.25) is 0 Å². The number of hydrogen-bond acceptors (Lipinski definition) is 3. The number of nitrogens with two attached hydrogens (primary N) is 1. The molecule has 0 radical (unpaired) electrons. The van der Waals surface area contributed by atoms with Crippen LogP contribution in [0.25, 0.3) is 0 Å². The predicted octanol–water partition coefficient (Wildman–Crippen LogP) is 1.83. The Kier molecular flexibility index (Phi) is 4.04. The maximum atomic E-state index is 12.5. The van der Waals surface area contributed by atoms with Crippen LogP contribution in [0.3, 0.4) is 0 Å². The Morgan fingerprint density at radius 3 is 2.75 bits per heavy atom. The summed E-state index contributed by atoms with van der Waals surface area (Å²) in [7, 11) is 0. The van der Waals surface area contributed by atoms with E-state index < -0.39 is 0 Å². The van der Waals surface area contributed by atoms with Crippen molar-refractivity contribution in [1.29, 1.82) is 0 Å². The van der Waals surface area contributed by atoms with Crippen LogP contribution in [0, 0.1) is 17.3 Å². The zero-order valence-electron chi connectivity index (χ0n) is 12.6. The Hall–Kier alpha value is -0.610. The minimum absolute atomic E-state index is 0.156. The summed E-state index contributed by atoms with van der Waals surface area (Å²) in [4.78, 5) is 12.5. The smallest absolute Gasteiger partial charge is 0.223 e. The molecule has 0 saturated heterocycles. The van der Waals surface area contributed by atoms with Gasteiger partial charge in [0.05, 0.1) is 6.10 Å². The molecule has 3 N–H and O–H groups in total. The number of rotatable bonds is 5. The molecule has 1 amide bonds. The van der Waals surface area contributed by atoms with E-state index in [1.165, 1.54) is 19.3 Å². The fourth-order valence-corrected chi connectivity index (χ4v) is 4.58. The number of amides is 1. The van der Waals surface area contributed by atoms with Gasteiger partial charge in [-0.1, -0.05) is 12.8 Å². The third-order valence-electron chi connectivity index (χ3n) is 6.05. The number of hydrogen-bond donors (Lipinski definition) is 2. The van der Waals surface area contributed by atoms with E-state index in [0.29, 0.717) is 24.6 Å². The molecule has 0 aromatic heterocycles. The lowest BCUT2D eigenvalue weighted by atomic mass is 9.51. The normalized spacial score (nSPS) is 38.3. The third kappa shape index (κ3) is 2.17. The summed E-state index contributed by atoms with van der Waals surface area (Å²) in [6.45, 7) is 3.49. The van der Waals surface area contributed by atoms with Crippen LogP contribution in [0.1, 0.15) is 51.9 Å². The molecule has 3 fully saturated rings. The van der Waals surface area contributed by atoms with Gasteiger partial charge in [-0.25, -0.2) is 0 Å². The third-order valence-corrected chi connectivity index (χ3v) is 6.05. The molecule has 4 atom stereocenters. The Labute approximate surface area is 121 Å². The molecular formula is C16H28N2O2. The number of ether oxygens (including phenoxy) is 1. The Morgan fingerprint density at radius 2 is 2.15 bits per heavy atom. The van der Waals surface area contributed by atoms with E-state index in [0.717, 1.165) is 32.3 Å². The average Bonchev–Trinajstić information content (AvgIpc) is 2.83. The maximum Gasteiger partial charge on any atom is 0.223 e. The van der Waals surface area contributed by atoms with Crippen molar-refractivity contribution >= 4 is 5.91 Å². The molecule has 0 heterocycles. The standard InChI is InChI=1S/C16H28N2O2/c1-2-20-14-9-13(16(14)7-4-8-16)18-15(19)12-6-3-5-11(12)10-17/h11-14H,2-10,17H2,1H3,(H,18,19)/t11-,12-,13?,14?/m1/s1. The van der Waals surface area contributed by atoms with Crippen LogP contribution >= 0.6 is 0 Å². The average molecular weight is 280 g/mol. The van der Waals surface area contributed by atoms with Crippen molar-refractivity contribution in [3.05, 3.63) is 0 Å². The van der Waals surface area contributed by atoms with Gasteiger partial charge in [0, 0.05) is 24.0 Å². The van der Waals surface area contributed by atoms with Crippen molar-refractivity contribution in [2.24, 2.45) is 23.0 Å². The molecule has 114 valence electrons. The SMILES string of the molecule is CCOC1CC(NC(=O)[C@@H]2CCC[C@@H]2CN)C12CCC2. The van der Waals surface area contributed by atoms with Crippen LogP contribution in [0.5, 0.6) is 0 Å². The van der Waals surface area contributed by atoms with Gasteiger partial charge in [-0.05, 0) is 51.5 Å². The van der Waals surface area contributed by atoms with Gasteiger partial charge in [-0.3, -0.25) is 4.79 Å². The summed E-state index contributed by atoms with van der Waals surface area (Å²) >= 11 is 0. The lowest BCUT2D eigenvalue weighted by Gasteiger charge is -2.61. The summed E-state index contributed by atoms with van der Waals surface area (Å²) in [6, 6.07) is 0.347. The molecule has 1 spiro atoms. The van der Waals surface area contributed by atoms with Crippen molar-refractivity contribution in [1.82, 2.24) is 5.32 Å². The number of nitrogens with one attached hydrogen (secondary N) is 1. The van der Waals surface area contributed by atoms with Gasteiger partial charge < -0.3 is 15.8 Å². The topological polar surface area (TPSA) is 64.3 Å². The first-order valence-electron chi connectivity index (χ1n) is 8.33. The second-order valence-corrected chi connectivity index (χ2v) is 6.86. The van der Waals surface area contributed by atoms with E-state index in [1.807, 2.05) is 0 Å². The number of carbonyl (C=O) groups excluding carboxylic acids is 1. The molecule has 3 rings (SSSR count). The molecule has 3 aliphatic rings. The summed E-state index contributed by atoms with van der Waals surface area (Å²) in [5.41, 5.74) is 6.06. The monoisotopic (exact) mass is 280 g/mol. The van der Waals surface area contributed by atoms with Crippen molar-refractivity contribution in [3.8, 4) is 0 Å². The highest BCUT2D eigenvalue weighted by atomic mass is 16.5. The fraction of sp³-hybridized carbons (Fsp3) is 0.938. The van der Waals surface area contributed by atoms with E-state index >= 15 is 0 Å². The van der Waals surface area contributed by atoms with Crippen LogP contribution in [-0.4, -0.2) is 31.2 Å². The molecule has 2 unspecified atom stereocenters. The van der Waals surface area contributed by atoms with E-state index in [1.54, 1.807) is 0 Å². The highest BCUT2D eigenvalue weighted by Gasteiger charge is 2.59. The molecule has 0 aromatic rings. The lowest BCUT2D eigenvalue weighted by molar-refractivity contribution is -0.177. The van der Waals surface area contributed by atoms with Crippen LogP contribution in [0.4, 0.5) is 0 Å².